The van der Waals surface area contributed by atoms with Gasteiger partial charge in [0.05, 0.1) is 5.69 Å². The van der Waals surface area contributed by atoms with Gasteiger partial charge in [-0.05, 0) is 63.9 Å². The second kappa shape index (κ2) is 7.51. The fourth-order valence-electron chi connectivity index (χ4n) is 4.09. The molecule has 0 atom stereocenters. The zero-order valence-corrected chi connectivity index (χ0v) is 16.8. The Morgan fingerprint density at radius 3 is 2.46 bits per heavy atom. The molecule has 0 saturated carbocycles. The summed E-state index contributed by atoms with van der Waals surface area (Å²) in [6, 6.07) is 14.5. The number of likely N-dealkylation sites (tertiary alicyclic amines) is 1. The van der Waals surface area contributed by atoms with Gasteiger partial charge in [0.1, 0.15) is 11.6 Å². The van der Waals surface area contributed by atoms with Crippen molar-refractivity contribution in [2.45, 2.75) is 45.6 Å². The molecular formula is C24H27FN2O. The molecule has 2 heterocycles. The lowest BCUT2D eigenvalue weighted by molar-refractivity contribution is 0.177. The summed E-state index contributed by atoms with van der Waals surface area (Å²) >= 11 is 0. The van der Waals surface area contributed by atoms with Crippen LogP contribution in [0.3, 0.4) is 0 Å². The second-order valence-electron chi connectivity index (χ2n) is 8.23. The molecule has 1 saturated heterocycles. The smallest absolute Gasteiger partial charge is 0.226 e. The highest BCUT2D eigenvalue weighted by atomic mass is 19.1. The first-order valence-corrected chi connectivity index (χ1v) is 10.0. The lowest BCUT2D eigenvalue weighted by Gasteiger charge is -2.31. The van der Waals surface area contributed by atoms with E-state index in [1.165, 1.54) is 18.9 Å². The Bertz CT molecular complexity index is 959. The van der Waals surface area contributed by atoms with Crippen molar-refractivity contribution in [3.8, 4) is 22.6 Å². The number of benzene rings is 2. The molecule has 3 nitrogen and oxygen atoms in total. The Labute approximate surface area is 166 Å². The van der Waals surface area contributed by atoms with E-state index >= 15 is 0 Å². The van der Waals surface area contributed by atoms with Crippen LogP contribution in [0.15, 0.2) is 52.9 Å². The molecule has 1 aliphatic heterocycles. The van der Waals surface area contributed by atoms with Gasteiger partial charge in [-0.15, -0.1) is 0 Å². The summed E-state index contributed by atoms with van der Waals surface area (Å²) in [7, 11) is 0. The fourth-order valence-corrected chi connectivity index (χ4v) is 4.09. The average molecular weight is 378 g/mol. The topological polar surface area (TPSA) is 29.3 Å². The molecule has 0 bridgehead atoms. The molecule has 0 radical (unpaired) electrons. The molecule has 0 amide bonds. The number of hydrogen-bond acceptors (Lipinski definition) is 3. The first kappa shape index (κ1) is 18.9. The van der Waals surface area contributed by atoms with Crippen LogP contribution in [-0.4, -0.2) is 28.5 Å². The molecule has 1 aliphatic rings. The number of hydrogen-bond donors (Lipinski definition) is 0. The molecule has 3 aromatic rings. The van der Waals surface area contributed by atoms with E-state index in [1.54, 1.807) is 12.1 Å². The number of halogens is 1. The van der Waals surface area contributed by atoms with Crippen LogP contribution in [0.25, 0.3) is 22.6 Å². The SMILES string of the molecule is Cc1oc(-c2ccc(-c3ccccc3F)cc2)nc1CCN1CCCC1(C)C. The predicted octanol–water partition coefficient (Wildman–Crippen LogP) is 5.87. The van der Waals surface area contributed by atoms with Crippen molar-refractivity contribution in [2.75, 3.05) is 13.1 Å². The van der Waals surface area contributed by atoms with Gasteiger partial charge >= 0.3 is 0 Å². The van der Waals surface area contributed by atoms with Gasteiger partial charge in [0, 0.05) is 29.6 Å². The summed E-state index contributed by atoms with van der Waals surface area (Å²) in [6.45, 7) is 8.78. The molecule has 0 unspecified atom stereocenters. The van der Waals surface area contributed by atoms with Crippen LogP contribution in [0.5, 0.6) is 0 Å². The van der Waals surface area contributed by atoms with E-state index in [2.05, 4.69) is 18.7 Å². The largest absolute Gasteiger partial charge is 0.441 e. The van der Waals surface area contributed by atoms with Crippen LogP contribution < -0.4 is 0 Å². The van der Waals surface area contributed by atoms with E-state index in [1.807, 2.05) is 37.3 Å². The van der Waals surface area contributed by atoms with E-state index in [0.717, 1.165) is 42.1 Å². The van der Waals surface area contributed by atoms with E-state index < -0.39 is 0 Å². The van der Waals surface area contributed by atoms with Crippen molar-refractivity contribution in [3.63, 3.8) is 0 Å². The number of nitrogens with zero attached hydrogens (tertiary/aromatic N) is 2. The maximum atomic E-state index is 14.0. The number of aromatic nitrogens is 1. The van der Waals surface area contributed by atoms with Gasteiger partial charge in [0.25, 0.3) is 0 Å². The molecule has 1 fully saturated rings. The van der Waals surface area contributed by atoms with Gasteiger partial charge in [-0.2, -0.15) is 0 Å². The minimum Gasteiger partial charge on any atom is -0.441 e. The van der Waals surface area contributed by atoms with Crippen molar-refractivity contribution >= 4 is 0 Å². The molecule has 4 rings (SSSR count). The first-order valence-electron chi connectivity index (χ1n) is 10.0. The summed E-state index contributed by atoms with van der Waals surface area (Å²) in [5.74, 6) is 1.30. The number of aryl methyl sites for hydroxylation is 1. The third-order valence-corrected chi connectivity index (χ3v) is 5.90. The van der Waals surface area contributed by atoms with Crippen LogP contribution in [-0.2, 0) is 6.42 Å². The molecule has 146 valence electrons. The van der Waals surface area contributed by atoms with Crippen LogP contribution in [0, 0.1) is 12.7 Å². The van der Waals surface area contributed by atoms with Gasteiger partial charge < -0.3 is 4.42 Å². The third-order valence-electron chi connectivity index (χ3n) is 5.90. The van der Waals surface area contributed by atoms with Gasteiger partial charge in [-0.25, -0.2) is 9.37 Å². The quantitative estimate of drug-likeness (QED) is 0.556. The summed E-state index contributed by atoms with van der Waals surface area (Å²) in [5.41, 5.74) is 3.67. The van der Waals surface area contributed by atoms with E-state index in [4.69, 9.17) is 9.40 Å². The molecule has 1 aromatic heterocycles. The van der Waals surface area contributed by atoms with E-state index in [0.29, 0.717) is 11.5 Å². The predicted molar refractivity (Wildman–Crippen MR) is 111 cm³/mol. The Morgan fingerprint density at radius 1 is 1.07 bits per heavy atom. The highest BCUT2D eigenvalue weighted by molar-refractivity contribution is 5.67. The van der Waals surface area contributed by atoms with Gasteiger partial charge in [-0.1, -0.05) is 30.3 Å². The first-order chi connectivity index (χ1) is 13.4. The summed E-state index contributed by atoms with van der Waals surface area (Å²) in [5, 5.41) is 0. The fraction of sp³-hybridized carbons (Fsp3) is 0.375. The highest BCUT2D eigenvalue weighted by Gasteiger charge is 2.31. The Hall–Kier alpha value is -2.46. The molecule has 4 heteroatoms. The highest BCUT2D eigenvalue weighted by Crippen LogP contribution is 2.30. The van der Waals surface area contributed by atoms with Crippen molar-refractivity contribution in [2.24, 2.45) is 0 Å². The molecule has 0 N–H and O–H groups in total. The Kier molecular flexibility index (Phi) is 5.07. The lowest BCUT2D eigenvalue weighted by Crippen LogP contribution is -2.39. The van der Waals surface area contributed by atoms with Crippen LogP contribution in [0.2, 0.25) is 0 Å². The van der Waals surface area contributed by atoms with Crippen LogP contribution >= 0.6 is 0 Å². The molecule has 0 aliphatic carbocycles. The third kappa shape index (κ3) is 3.74. The molecule has 28 heavy (non-hydrogen) atoms. The minimum atomic E-state index is -0.214. The van der Waals surface area contributed by atoms with Crippen molar-refractivity contribution in [1.29, 1.82) is 0 Å². The summed E-state index contributed by atoms with van der Waals surface area (Å²) < 4.78 is 19.9. The second-order valence-corrected chi connectivity index (χ2v) is 8.23. The van der Waals surface area contributed by atoms with Crippen LogP contribution in [0.1, 0.15) is 38.1 Å². The summed E-state index contributed by atoms with van der Waals surface area (Å²) in [4.78, 5) is 7.29. The summed E-state index contributed by atoms with van der Waals surface area (Å²) in [6.07, 6.45) is 3.42. The van der Waals surface area contributed by atoms with Gasteiger partial charge in [0.2, 0.25) is 5.89 Å². The molecule has 0 spiro atoms. The molecular weight excluding hydrogens is 351 g/mol. The van der Waals surface area contributed by atoms with Crippen molar-refractivity contribution < 1.29 is 8.81 Å². The lowest BCUT2D eigenvalue weighted by atomic mass is 10.0. The van der Waals surface area contributed by atoms with Gasteiger partial charge in [-0.3, -0.25) is 4.90 Å². The van der Waals surface area contributed by atoms with Gasteiger partial charge in [0.15, 0.2) is 0 Å². The maximum Gasteiger partial charge on any atom is 0.226 e. The van der Waals surface area contributed by atoms with E-state index in [9.17, 15) is 4.39 Å². The maximum absolute atomic E-state index is 14.0. The Balaban J connectivity index is 1.49. The average Bonchev–Trinajstić information content (AvgIpc) is 3.22. The zero-order valence-electron chi connectivity index (χ0n) is 16.8. The standard InChI is InChI=1S/C24H27FN2O/c1-17-22(13-16-27-15-6-14-24(27,2)3)26-23(28-17)19-11-9-18(10-12-19)20-7-4-5-8-21(20)25/h4-5,7-12H,6,13-16H2,1-3H3. The molecule has 2 aromatic carbocycles. The van der Waals surface area contributed by atoms with E-state index in [-0.39, 0.29) is 11.4 Å². The number of oxazole rings is 1. The Morgan fingerprint density at radius 2 is 1.79 bits per heavy atom. The van der Waals surface area contributed by atoms with Crippen molar-refractivity contribution in [3.05, 3.63) is 65.8 Å². The normalized spacial score (nSPS) is 16.6. The van der Waals surface area contributed by atoms with Crippen LogP contribution in [0.4, 0.5) is 4.39 Å². The van der Waals surface area contributed by atoms with Crippen molar-refractivity contribution in [1.82, 2.24) is 9.88 Å². The minimum absolute atomic E-state index is 0.214. The monoisotopic (exact) mass is 378 g/mol. The zero-order chi connectivity index (χ0) is 19.7. The number of rotatable bonds is 5.